The molecule has 0 saturated carbocycles. The van der Waals surface area contributed by atoms with E-state index in [1.54, 1.807) is 0 Å². The maximum atomic E-state index is 2.32. The van der Waals surface area contributed by atoms with E-state index < -0.39 is 0 Å². The van der Waals surface area contributed by atoms with Gasteiger partial charge in [0, 0.05) is 0 Å². The first-order valence-electron chi connectivity index (χ1n) is 15.5. The van der Waals surface area contributed by atoms with Gasteiger partial charge in [0.25, 0.3) is 0 Å². The van der Waals surface area contributed by atoms with Gasteiger partial charge in [0.15, 0.2) is 0 Å². The Labute approximate surface area is 204 Å². The van der Waals surface area contributed by atoms with Crippen molar-refractivity contribution in [2.75, 3.05) is 0 Å². The molecule has 1 atom stereocenters. The molecule has 0 saturated heterocycles. The van der Waals surface area contributed by atoms with Crippen molar-refractivity contribution < 1.29 is 0 Å². The first-order chi connectivity index (χ1) is 15.8. The van der Waals surface area contributed by atoms with E-state index >= 15 is 0 Å². The minimum Gasteiger partial charge on any atom is -0.0707 e. The molecular weight excluding hydrogens is 384 g/mol. The fourth-order valence-corrected chi connectivity index (χ4v) is 5.87. The third kappa shape index (κ3) is 15.6. The highest BCUT2D eigenvalue weighted by Gasteiger charge is 2.24. The lowest BCUT2D eigenvalue weighted by atomic mass is 9.89. The minimum absolute atomic E-state index is 0.963. The molecule has 1 unspecified atom stereocenters. The predicted molar refractivity (Wildman–Crippen MR) is 148 cm³/mol. The molecule has 0 heteroatoms. The summed E-state index contributed by atoms with van der Waals surface area (Å²) in [5.41, 5.74) is 3.90. The summed E-state index contributed by atoms with van der Waals surface area (Å²) < 4.78 is 0. The van der Waals surface area contributed by atoms with E-state index in [1.807, 2.05) is 11.1 Å². The summed E-state index contributed by atoms with van der Waals surface area (Å²) in [6, 6.07) is 0. The van der Waals surface area contributed by atoms with Crippen LogP contribution in [-0.4, -0.2) is 0 Å². The number of rotatable bonds is 24. The maximum Gasteiger partial charge on any atom is -0.0198 e. The van der Waals surface area contributed by atoms with Gasteiger partial charge < -0.3 is 0 Å². The zero-order valence-electron chi connectivity index (χ0n) is 23.0. The van der Waals surface area contributed by atoms with Gasteiger partial charge >= 0.3 is 0 Å². The lowest BCUT2D eigenvalue weighted by Gasteiger charge is -2.17. The van der Waals surface area contributed by atoms with E-state index in [4.69, 9.17) is 0 Å². The molecule has 0 amide bonds. The smallest absolute Gasteiger partial charge is 0.0198 e. The van der Waals surface area contributed by atoms with Crippen molar-refractivity contribution in [1.82, 2.24) is 0 Å². The van der Waals surface area contributed by atoms with Crippen LogP contribution in [0.2, 0.25) is 0 Å². The molecule has 0 aliphatic heterocycles. The molecule has 1 aliphatic rings. The van der Waals surface area contributed by atoms with Crippen LogP contribution in [0.4, 0.5) is 0 Å². The van der Waals surface area contributed by atoms with Crippen LogP contribution in [0.15, 0.2) is 11.1 Å². The summed E-state index contributed by atoms with van der Waals surface area (Å²) in [5.74, 6) is 0.963. The molecule has 1 aliphatic carbocycles. The van der Waals surface area contributed by atoms with Crippen molar-refractivity contribution in [2.24, 2.45) is 5.92 Å². The largest absolute Gasteiger partial charge is 0.0707 e. The Kier molecular flexibility index (Phi) is 21.0. The summed E-state index contributed by atoms with van der Waals surface area (Å²) in [6.07, 6.45) is 37.8. The number of hydrogen-bond donors (Lipinski definition) is 0. The molecule has 190 valence electrons. The maximum absolute atomic E-state index is 2.32. The summed E-state index contributed by atoms with van der Waals surface area (Å²) in [7, 11) is 0. The molecular formula is C32H62. The van der Waals surface area contributed by atoms with Gasteiger partial charge in [-0.15, -0.1) is 0 Å². The molecule has 0 aromatic heterocycles. The fourth-order valence-electron chi connectivity index (χ4n) is 5.87. The summed E-state index contributed by atoms with van der Waals surface area (Å²) in [6.45, 7) is 6.97. The molecule has 1 rings (SSSR count). The van der Waals surface area contributed by atoms with Crippen molar-refractivity contribution in [1.29, 1.82) is 0 Å². The molecule has 0 N–H and O–H groups in total. The zero-order valence-corrected chi connectivity index (χ0v) is 23.0. The van der Waals surface area contributed by atoms with E-state index in [2.05, 4.69) is 20.8 Å². The highest BCUT2D eigenvalue weighted by molar-refractivity contribution is 5.23. The SMILES string of the molecule is CCCCCCCCCC1=C(CCCCCCCCC)C(CCCCCCCCC)CC1. The van der Waals surface area contributed by atoms with E-state index in [9.17, 15) is 0 Å². The highest BCUT2D eigenvalue weighted by Crippen LogP contribution is 2.40. The molecule has 0 nitrogen and oxygen atoms in total. The molecule has 32 heavy (non-hydrogen) atoms. The molecule has 0 bridgehead atoms. The molecule has 0 radical (unpaired) electrons. The van der Waals surface area contributed by atoms with Gasteiger partial charge in [0.05, 0.1) is 0 Å². The van der Waals surface area contributed by atoms with Crippen LogP contribution < -0.4 is 0 Å². The predicted octanol–water partition coefficient (Wildman–Crippen LogP) is 12.1. The Balaban J connectivity index is 2.35. The minimum atomic E-state index is 0.963. The molecule has 0 spiro atoms. The lowest BCUT2D eigenvalue weighted by Crippen LogP contribution is -2.01. The zero-order chi connectivity index (χ0) is 23.1. The van der Waals surface area contributed by atoms with E-state index in [0.717, 1.165) is 5.92 Å². The van der Waals surface area contributed by atoms with Crippen LogP contribution in [0.25, 0.3) is 0 Å². The molecule has 0 aromatic rings. The fraction of sp³-hybridized carbons (Fsp3) is 0.938. The van der Waals surface area contributed by atoms with Gasteiger partial charge in [-0.2, -0.15) is 0 Å². The Hall–Kier alpha value is -0.260. The Morgan fingerprint density at radius 1 is 0.469 bits per heavy atom. The number of hydrogen-bond acceptors (Lipinski definition) is 0. The standard InChI is InChI=1S/C32H62/c1-4-7-10-13-16-19-22-25-30-28-29-31(26-23-20-17-14-11-8-5-2)32(30)27-24-21-18-15-12-9-6-3/h30H,4-29H2,1-3H3. The van der Waals surface area contributed by atoms with Crippen LogP contribution in [0, 0.1) is 5.92 Å². The van der Waals surface area contributed by atoms with Crippen LogP contribution in [0.5, 0.6) is 0 Å². The van der Waals surface area contributed by atoms with Gasteiger partial charge in [-0.3, -0.25) is 0 Å². The highest BCUT2D eigenvalue weighted by atomic mass is 14.3. The average molecular weight is 447 g/mol. The van der Waals surface area contributed by atoms with Crippen LogP contribution >= 0.6 is 0 Å². The quantitative estimate of drug-likeness (QED) is 0.102. The third-order valence-electron chi connectivity index (χ3n) is 8.03. The van der Waals surface area contributed by atoms with Crippen molar-refractivity contribution in [3.63, 3.8) is 0 Å². The van der Waals surface area contributed by atoms with Gasteiger partial charge in [0.1, 0.15) is 0 Å². The van der Waals surface area contributed by atoms with E-state index in [0.29, 0.717) is 0 Å². The van der Waals surface area contributed by atoms with Crippen LogP contribution in [0.1, 0.15) is 188 Å². The topological polar surface area (TPSA) is 0 Å². The molecule has 0 heterocycles. The average Bonchev–Trinajstić information content (AvgIpc) is 3.18. The number of allylic oxidation sites excluding steroid dienone is 2. The summed E-state index contributed by atoms with van der Waals surface area (Å²) >= 11 is 0. The first-order valence-corrected chi connectivity index (χ1v) is 15.5. The lowest BCUT2D eigenvalue weighted by molar-refractivity contribution is 0.481. The van der Waals surface area contributed by atoms with Crippen molar-refractivity contribution in [3.05, 3.63) is 11.1 Å². The Morgan fingerprint density at radius 3 is 1.38 bits per heavy atom. The van der Waals surface area contributed by atoms with Gasteiger partial charge in [0.2, 0.25) is 0 Å². The normalized spacial score (nSPS) is 16.4. The summed E-state index contributed by atoms with van der Waals surface area (Å²) in [5, 5.41) is 0. The summed E-state index contributed by atoms with van der Waals surface area (Å²) in [4.78, 5) is 0. The van der Waals surface area contributed by atoms with E-state index in [1.165, 1.54) is 167 Å². The third-order valence-corrected chi connectivity index (χ3v) is 8.03. The second-order valence-corrected chi connectivity index (χ2v) is 11.0. The Bertz CT molecular complexity index is 418. The van der Waals surface area contributed by atoms with Gasteiger partial charge in [-0.1, -0.05) is 154 Å². The number of unbranched alkanes of at least 4 members (excludes halogenated alkanes) is 18. The first kappa shape index (κ1) is 29.8. The second kappa shape index (κ2) is 22.5. The Morgan fingerprint density at radius 2 is 0.875 bits per heavy atom. The van der Waals surface area contributed by atoms with Gasteiger partial charge in [-0.05, 0) is 50.9 Å². The van der Waals surface area contributed by atoms with Crippen LogP contribution in [-0.2, 0) is 0 Å². The van der Waals surface area contributed by atoms with Gasteiger partial charge in [-0.25, -0.2) is 0 Å². The molecule has 0 aromatic carbocycles. The van der Waals surface area contributed by atoms with E-state index in [-0.39, 0.29) is 0 Å². The van der Waals surface area contributed by atoms with Crippen molar-refractivity contribution in [2.45, 2.75) is 188 Å². The monoisotopic (exact) mass is 446 g/mol. The second-order valence-electron chi connectivity index (χ2n) is 11.0. The van der Waals surface area contributed by atoms with Crippen molar-refractivity contribution >= 4 is 0 Å². The molecule has 0 fully saturated rings. The van der Waals surface area contributed by atoms with Crippen LogP contribution in [0.3, 0.4) is 0 Å². The van der Waals surface area contributed by atoms with Crippen molar-refractivity contribution in [3.8, 4) is 0 Å².